The number of sulfonamides is 2. The maximum absolute atomic E-state index is 13.0. The summed E-state index contributed by atoms with van der Waals surface area (Å²) in [6.45, 7) is 12.4. The van der Waals surface area contributed by atoms with Crippen molar-refractivity contribution in [3.63, 3.8) is 0 Å². The van der Waals surface area contributed by atoms with Crippen LogP contribution in [0.4, 0.5) is 23.1 Å². The monoisotopic (exact) mass is 546 g/mol. The van der Waals surface area contributed by atoms with E-state index < -0.39 is 31.1 Å². The molecule has 200 valence electrons. The van der Waals surface area contributed by atoms with Gasteiger partial charge < -0.3 is 10.6 Å². The molecule has 1 heterocycles. The fourth-order valence-corrected chi connectivity index (χ4v) is 6.57. The summed E-state index contributed by atoms with van der Waals surface area (Å²) in [6.07, 6.45) is 1.56. The van der Waals surface area contributed by atoms with Gasteiger partial charge in [0.2, 0.25) is 26.0 Å². The summed E-state index contributed by atoms with van der Waals surface area (Å²) in [5, 5.41) is 6.08. The number of aryl methyl sites for hydroxylation is 1. The molecule has 3 rings (SSSR count). The normalized spacial score (nSPS) is 12.8. The van der Waals surface area contributed by atoms with Gasteiger partial charge in [-0.15, -0.1) is 0 Å². The second kappa shape index (κ2) is 10.4. The number of nitrogens with zero attached hydrogens (tertiary/aromatic N) is 2. The van der Waals surface area contributed by atoms with Gasteiger partial charge in [-0.25, -0.2) is 31.3 Å². The highest BCUT2D eigenvalue weighted by atomic mass is 32.2. The van der Waals surface area contributed by atoms with E-state index in [4.69, 9.17) is 0 Å². The van der Waals surface area contributed by atoms with Crippen LogP contribution in [-0.2, 0) is 20.0 Å². The average Bonchev–Trinajstić information content (AvgIpc) is 2.73. The molecule has 0 spiro atoms. The molecule has 37 heavy (non-hydrogen) atoms. The number of hydrogen-bond acceptors (Lipinski definition) is 8. The Kier molecular flexibility index (Phi) is 7.99. The van der Waals surface area contributed by atoms with Crippen molar-refractivity contribution in [3.05, 3.63) is 60.3 Å². The van der Waals surface area contributed by atoms with Gasteiger partial charge in [0.1, 0.15) is 15.6 Å². The van der Waals surface area contributed by atoms with Gasteiger partial charge in [0.05, 0.1) is 11.4 Å². The second-order valence-corrected chi connectivity index (χ2v) is 14.0. The molecular weight excluding hydrogens is 512 g/mol. The minimum Gasteiger partial charge on any atom is -0.339 e. The highest BCUT2D eigenvalue weighted by Gasteiger charge is 2.26. The molecule has 3 aromatic rings. The van der Waals surface area contributed by atoms with Gasteiger partial charge in [-0.05, 0) is 72.7 Å². The van der Waals surface area contributed by atoms with Crippen molar-refractivity contribution in [1.82, 2.24) is 19.4 Å². The summed E-state index contributed by atoms with van der Waals surface area (Å²) in [5.74, 6) is 0.503. The molecule has 0 radical (unpaired) electrons. The van der Waals surface area contributed by atoms with E-state index in [1.54, 1.807) is 91.1 Å². The zero-order chi connectivity index (χ0) is 27.6. The minimum absolute atomic E-state index is 0.0494. The van der Waals surface area contributed by atoms with Crippen LogP contribution in [0.15, 0.2) is 64.5 Å². The number of benzene rings is 2. The Bertz CT molecular complexity index is 1490. The molecular formula is C25H34N6O4S2. The minimum atomic E-state index is -3.83. The molecule has 4 N–H and O–H groups in total. The molecule has 12 heteroatoms. The Balaban J connectivity index is 1.96. The van der Waals surface area contributed by atoms with Crippen molar-refractivity contribution in [1.29, 1.82) is 0 Å². The highest BCUT2D eigenvalue weighted by molar-refractivity contribution is 7.90. The molecule has 0 amide bonds. The van der Waals surface area contributed by atoms with Crippen molar-refractivity contribution >= 4 is 43.2 Å². The first-order valence-corrected chi connectivity index (χ1v) is 14.6. The van der Waals surface area contributed by atoms with E-state index in [-0.39, 0.29) is 15.7 Å². The first-order chi connectivity index (χ1) is 17.0. The Labute approximate surface area is 219 Å². The lowest BCUT2D eigenvalue weighted by molar-refractivity contribution is 0.490. The summed E-state index contributed by atoms with van der Waals surface area (Å²) in [5.41, 5.74) is -0.0322. The SMILES string of the molecule is Cc1cnc(Nc2ccccc2S(=O)(=O)NC(C)(C)C)nc1Nc1ccccc1S(=O)(=O)NC(C)(C)C. The predicted octanol–water partition coefficient (Wildman–Crippen LogP) is 4.43. The van der Waals surface area contributed by atoms with Crippen LogP contribution < -0.4 is 20.1 Å². The van der Waals surface area contributed by atoms with Gasteiger partial charge in [0.15, 0.2) is 0 Å². The van der Waals surface area contributed by atoms with Crippen molar-refractivity contribution in [2.75, 3.05) is 10.6 Å². The summed E-state index contributed by atoms with van der Waals surface area (Å²) in [4.78, 5) is 8.90. The third kappa shape index (κ3) is 7.71. The van der Waals surface area contributed by atoms with Gasteiger partial charge in [-0.2, -0.15) is 4.98 Å². The average molecular weight is 547 g/mol. The van der Waals surface area contributed by atoms with Gasteiger partial charge in [-0.3, -0.25) is 0 Å². The second-order valence-electron chi connectivity index (χ2n) is 10.7. The third-order valence-electron chi connectivity index (χ3n) is 4.71. The summed E-state index contributed by atoms with van der Waals surface area (Å²) >= 11 is 0. The Morgan fingerprint density at radius 2 is 1.11 bits per heavy atom. The largest absolute Gasteiger partial charge is 0.339 e. The van der Waals surface area contributed by atoms with Gasteiger partial charge in [0, 0.05) is 22.8 Å². The molecule has 0 saturated heterocycles. The Hall–Kier alpha value is -3.06. The summed E-state index contributed by atoms with van der Waals surface area (Å²) in [6, 6.07) is 13.0. The fraction of sp³-hybridized carbons (Fsp3) is 0.360. The number of rotatable bonds is 8. The van der Waals surface area contributed by atoms with Crippen LogP contribution in [0.3, 0.4) is 0 Å². The lowest BCUT2D eigenvalue weighted by Gasteiger charge is -2.22. The van der Waals surface area contributed by atoms with Crippen LogP contribution in [-0.4, -0.2) is 37.9 Å². The maximum atomic E-state index is 13.0. The quantitative estimate of drug-likeness (QED) is 0.325. The molecule has 1 aromatic heterocycles. The molecule has 0 saturated carbocycles. The van der Waals surface area contributed by atoms with Crippen LogP contribution >= 0.6 is 0 Å². The van der Waals surface area contributed by atoms with Crippen LogP contribution in [0, 0.1) is 6.92 Å². The molecule has 10 nitrogen and oxygen atoms in total. The molecule has 0 fully saturated rings. The van der Waals surface area contributed by atoms with Crippen molar-refractivity contribution in [3.8, 4) is 0 Å². The topological polar surface area (TPSA) is 142 Å². The van der Waals surface area contributed by atoms with E-state index in [2.05, 4.69) is 30.0 Å². The van der Waals surface area contributed by atoms with Crippen molar-refractivity contribution in [2.45, 2.75) is 69.3 Å². The number of hydrogen-bond donors (Lipinski definition) is 4. The number of para-hydroxylation sites is 2. The first-order valence-electron chi connectivity index (χ1n) is 11.6. The van der Waals surface area contributed by atoms with E-state index in [1.807, 2.05) is 0 Å². The summed E-state index contributed by atoms with van der Waals surface area (Å²) in [7, 11) is -7.65. The maximum Gasteiger partial charge on any atom is 0.243 e. The number of anilines is 4. The zero-order valence-corrected chi connectivity index (χ0v) is 23.7. The molecule has 0 bridgehead atoms. The van der Waals surface area contributed by atoms with Crippen molar-refractivity contribution in [2.24, 2.45) is 0 Å². The van der Waals surface area contributed by atoms with Crippen LogP contribution in [0.25, 0.3) is 0 Å². The Morgan fingerprint density at radius 3 is 1.57 bits per heavy atom. The van der Waals surface area contributed by atoms with Crippen LogP contribution in [0.1, 0.15) is 47.1 Å². The molecule has 0 aliphatic carbocycles. The zero-order valence-electron chi connectivity index (χ0n) is 22.0. The smallest absolute Gasteiger partial charge is 0.243 e. The third-order valence-corrected chi connectivity index (χ3v) is 8.34. The van der Waals surface area contributed by atoms with Gasteiger partial charge in [-0.1, -0.05) is 24.3 Å². The molecule has 0 aliphatic heterocycles. The fourth-order valence-electron chi connectivity index (χ4n) is 3.40. The lowest BCUT2D eigenvalue weighted by atomic mass is 10.1. The van der Waals surface area contributed by atoms with Crippen molar-refractivity contribution < 1.29 is 16.8 Å². The van der Waals surface area contributed by atoms with E-state index in [1.165, 1.54) is 12.1 Å². The number of nitrogens with one attached hydrogen (secondary N) is 4. The lowest BCUT2D eigenvalue weighted by Crippen LogP contribution is -2.40. The standard InChI is InChI=1S/C25H34N6O4S2/c1-17-16-26-23(28-19-13-9-11-15-21(19)37(34,35)31-25(5,6)7)29-22(17)27-18-12-8-10-14-20(18)36(32,33)30-24(2,3)4/h8-16,30-31H,1-7H3,(H2,26,27,28,29). The Morgan fingerprint density at radius 1 is 0.676 bits per heavy atom. The molecule has 0 aliphatic rings. The van der Waals surface area contributed by atoms with E-state index in [9.17, 15) is 16.8 Å². The summed E-state index contributed by atoms with van der Waals surface area (Å²) < 4.78 is 57.3. The van der Waals surface area contributed by atoms with Gasteiger partial charge >= 0.3 is 0 Å². The molecule has 2 aromatic carbocycles. The van der Waals surface area contributed by atoms with Crippen LogP contribution in [0.5, 0.6) is 0 Å². The van der Waals surface area contributed by atoms with E-state index >= 15 is 0 Å². The van der Waals surface area contributed by atoms with Crippen LogP contribution in [0.2, 0.25) is 0 Å². The highest BCUT2D eigenvalue weighted by Crippen LogP contribution is 2.29. The van der Waals surface area contributed by atoms with Gasteiger partial charge in [0.25, 0.3) is 0 Å². The number of aromatic nitrogens is 2. The molecule has 0 unspecified atom stereocenters. The predicted molar refractivity (Wildman–Crippen MR) is 146 cm³/mol. The first kappa shape index (κ1) is 28.5. The van der Waals surface area contributed by atoms with E-state index in [0.29, 0.717) is 22.8 Å². The van der Waals surface area contributed by atoms with E-state index in [0.717, 1.165) is 0 Å². The molecule has 0 atom stereocenters.